The van der Waals surface area contributed by atoms with Crippen molar-refractivity contribution >= 4 is 68.2 Å². The summed E-state index contributed by atoms with van der Waals surface area (Å²) in [4.78, 5) is 101. The van der Waals surface area contributed by atoms with Gasteiger partial charge in [0.05, 0.1) is 39.6 Å². The summed E-state index contributed by atoms with van der Waals surface area (Å²) in [5.41, 5.74) is 0. The second-order valence-electron chi connectivity index (χ2n) is 6.07. The van der Waals surface area contributed by atoms with Crippen molar-refractivity contribution < 1.29 is 107 Å². The lowest BCUT2D eigenvalue weighted by molar-refractivity contribution is -0.141. The summed E-state index contributed by atoms with van der Waals surface area (Å²) in [5.74, 6) is -1.26. The minimum atomic E-state index is -0.250. The van der Waals surface area contributed by atoms with E-state index < -0.39 is 0 Å². The standard InChI is InChI=1S/6C4H8O2.5CH2O2/c6*1-3-6-4(2)5;5*2-1-3/h6*3H2,1-2H3;5*1H,(H,2,3). The van der Waals surface area contributed by atoms with E-state index in [2.05, 4.69) is 28.4 Å². The first-order valence-electron chi connectivity index (χ1n) is 13.9. The number of carbonyl (C=O) groups excluding carboxylic acids is 6. The third-order valence-electron chi connectivity index (χ3n) is 2.09. The Kier molecular flexibility index (Phi) is 143. The van der Waals surface area contributed by atoms with Crippen LogP contribution >= 0.6 is 0 Å². The lowest BCUT2D eigenvalue weighted by Crippen LogP contribution is -1.95. The van der Waals surface area contributed by atoms with Gasteiger partial charge in [0.25, 0.3) is 32.4 Å². The number of esters is 6. The maximum atomic E-state index is 9.82. The minimum Gasteiger partial charge on any atom is -0.483 e. The van der Waals surface area contributed by atoms with Gasteiger partial charge in [-0.2, -0.15) is 0 Å². The van der Waals surface area contributed by atoms with Crippen molar-refractivity contribution in [2.45, 2.75) is 83.1 Å². The van der Waals surface area contributed by atoms with Crippen LogP contribution in [0.25, 0.3) is 0 Å². The Morgan fingerprint density at radius 1 is 0.314 bits per heavy atom. The fraction of sp³-hybridized carbons (Fsp3) is 0.621. The van der Waals surface area contributed by atoms with E-state index in [1.165, 1.54) is 41.5 Å². The number of rotatable bonds is 6. The van der Waals surface area contributed by atoms with Crippen LogP contribution in [0.15, 0.2) is 0 Å². The first kappa shape index (κ1) is 75.5. The lowest BCUT2D eigenvalue weighted by Gasteiger charge is -1.89. The number of hydrogen-bond donors (Lipinski definition) is 5. The Morgan fingerprint density at radius 3 is 0.373 bits per heavy atom. The molecule has 0 bridgehead atoms. The predicted molar refractivity (Wildman–Crippen MR) is 177 cm³/mol. The smallest absolute Gasteiger partial charge is 0.302 e. The van der Waals surface area contributed by atoms with Crippen molar-refractivity contribution in [2.75, 3.05) is 39.6 Å². The average molecular weight is 759 g/mol. The Hall–Kier alpha value is -5.83. The minimum absolute atomic E-state index is 0.211. The zero-order chi connectivity index (χ0) is 43.5. The second kappa shape index (κ2) is 96.7. The van der Waals surface area contributed by atoms with Crippen LogP contribution in [0, 0.1) is 0 Å². The van der Waals surface area contributed by atoms with Gasteiger partial charge in [0.2, 0.25) is 0 Å². The second-order valence-corrected chi connectivity index (χ2v) is 6.07. The predicted octanol–water partition coefficient (Wildman–Crippen LogP) is 1.92. The van der Waals surface area contributed by atoms with E-state index in [4.69, 9.17) is 49.5 Å². The van der Waals surface area contributed by atoms with E-state index in [0.29, 0.717) is 39.6 Å². The molecular formula is C29H58O22. The van der Waals surface area contributed by atoms with Gasteiger partial charge in [-0.3, -0.25) is 52.7 Å². The summed E-state index contributed by atoms with van der Waals surface area (Å²) in [5, 5.41) is 34.4. The molecule has 0 aliphatic carbocycles. The highest BCUT2D eigenvalue weighted by Gasteiger charge is 1.84. The number of carbonyl (C=O) groups is 11. The Balaban J connectivity index is -0.0000000389. The zero-order valence-corrected chi connectivity index (χ0v) is 31.3. The van der Waals surface area contributed by atoms with Crippen molar-refractivity contribution in [3.8, 4) is 0 Å². The van der Waals surface area contributed by atoms with E-state index in [-0.39, 0.29) is 68.2 Å². The van der Waals surface area contributed by atoms with Crippen molar-refractivity contribution in [1.82, 2.24) is 0 Å². The molecule has 5 N–H and O–H groups in total. The fourth-order valence-corrected chi connectivity index (χ4v) is 1.22. The molecule has 22 heteroatoms. The molecule has 0 amide bonds. The van der Waals surface area contributed by atoms with Crippen LogP contribution in [0.1, 0.15) is 83.1 Å². The molecule has 0 aliphatic heterocycles. The molecule has 0 unspecified atom stereocenters. The third-order valence-corrected chi connectivity index (χ3v) is 2.09. The van der Waals surface area contributed by atoms with Gasteiger partial charge in [0, 0.05) is 41.5 Å². The molecule has 0 saturated carbocycles. The normalized spacial score (nSPS) is 6.59. The summed E-state index contributed by atoms with van der Waals surface area (Å²) in [6.07, 6.45) is 0. The molecular weight excluding hydrogens is 700 g/mol. The Morgan fingerprint density at radius 2 is 0.373 bits per heavy atom. The van der Waals surface area contributed by atoms with Gasteiger partial charge in [0.15, 0.2) is 0 Å². The molecule has 0 rings (SSSR count). The number of ether oxygens (including phenoxy) is 6. The summed E-state index contributed by atoms with van der Waals surface area (Å²) in [6.45, 7) is 20.7. The Bertz CT molecular complexity index is 611. The van der Waals surface area contributed by atoms with Crippen LogP contribution in [0.3, 0.4) is 0 Å². The van der Waals surface area contributed by atoms with E-state index in [1.807, 2.05) is 0 Å². The van der Waals surface area contributed by atoms with Gasteiger partial charge in [-0.05, 0) is 41.5 Å². The van der Waals surface area contributed by atoms with Crippen molar-refractivity contribution in [3.63, 3.8) is 0 Å². The van der Waals surface area contributed by atoms with Gasteiger partial charge >= 0.3 is 35.8 Å². The molecule has 0 saturated heterocycles. The first-order chi connectivity index (χ1) is 23.7. The van der Waals surface area contributed by atoms with Gasteiger partial charge in [-0.1, -0.05) is 0 Å². The maximum absolute atomic E-state index is 9.82. The first-order valence-corrected chi connectivity index (χ1v) is 13.9. The summed E-state index contributed by atoms with van der Waals surface area (Å²) >= 11 is 0. The molecule has 0 atom stereocenters. The summed E-state index contributed by atoms with van der Waals surface area (Å²) in [6, 6.07) is 0. The highest BCUT2D eigenvalue weighted by molar-refractivity contribution is 5.67. The highest BCUT2D eigenvalue weighted by Crippen LogP contribution is 1.72. The van der Waals surface area contributed by atoms with Crippen LogP contribution in [0.2, 0.25) is 0 Å². The van der Waals surface area contributed by atoms with Crippen LogP contribution < -0.4 is 0 Å². The molecule has 0 aromatic rings. The van der Waals surface area contributed by atoms with Gasteiger partial charge in [0.1, 0.15) is 0 Å². The third kappa shape index (κ3) is 530. The topological polar surface area (TPSA) is 344 Å². The lowest BCUT2D eigenvalue weighted by atomic mass is 10.8. The van der Waals surface area contributed by atoms with Crippen LogP contribution in [-0.2, 0) is 81.2 Å². The van der Waals surface area contributed by atoms with Crippen LogP contribution in [0.4, 0.5) is 0 Å². The quantitative estimate of drug-likeness (QED) is 0.147. The SMILES string of the molecule is CCOC(C)=O.CCOC(C)=O.CCOC(C)=O.CCOC(C)=O.CCOC(C)=O.CCOC(C)=O.O=CO.O=CO.O=CO.O=CO.O=CO. The molecule has 306 valence electrons. The number of carboxylic acid groups (broad SMARTS) is 5. The molecule has 0 aromatic carbocycles. The maximum Gasteiger partial charge on any atom is 0.302 e. The van der Waals surface area contributed by atoms with Crippen molar-refractivity contribution in [1.29, 1.82) is 0 Å². The summed E-state index contributed by atoms with van der Waals surface area (Å²) < 4.78 is 26.4. The van der Waals surface area contributed by atoms with E-state index in [0.717, 1.165) is 0 Å². The molecule has 0 aliphatic rings. The van der Waals surface area contributed by atoms with Gasteiger partial charge < -0.3 is 54.0 Å². The van der Waals surface area contributed by atoms with Crippen LogP contribution in [0.5, 0.6) is 0 Å². The molecule has 0 spiro atoms. The van der Waals surface area contributed by atoms with Gasteiger partial charge in [-0.25, -0.2) is 0 Å². The average Bonchev–Trinajstić information content (AvgIpc) is 2.96. The van der Waals surface area contributed by atoms with E-state index in [9.17, 15) is 28.8 Å². The zero-order valence-electron chi connectivity index (χ0n) is 31.3. The fourth-order valence-electron chi connectivity index (χ4n) is 1.22. The molecule has 22 nitrogen and oxygen atoms in total. The molecule has 0 heterocycles. The molecule has 51 heavy (non-hydrogen) atoms. The highest BCUT2D eigenvalue weighted by atomic mass is 16.5. The summed E-state index contributed by atoms with van der Waals surface area (Å²) in [7, 11) is 0. The monoisotopic (exact) mass is 758 g/mol. The largest absolute Gasteiger partial charge is 0.483 e. The molecule has 0 fully saturated rings. The molecule has 0 radical (unpaired) electrons. The van der Waals surface area contributed by atoms with Gasteiger partial charge in [-0.15, -0.1) is 0 Å². The van der Waals surface area contributed by atoms with E-state index in [1.54, 1.807) is 41.5 Å². The Labute approximate surface area is 297 Å². The van der Waals surface area contributed by atoms with E-state index >= 15 is 0 Å². The molecule has 0 aromatic heterocycles. The van der Waals surface area contributed by atoms with Crippen molar-refractivity contribution in [2.24, 2.45) is 0 Å². The number of hydrogen-bond acceptors (Lipinski definition) is 17. The van der Waals surface area contributed by atoms with Crippen molar-refractivity contribution in [3.05, 3.63) is 0 Å². The van der Waals surface area contributed by atoms with Crippen LogP contribution in [-0.4, -0.2) is 133 Å².